The average Bonchev–Trinajstić information content (AvgIpc) is 2.41. The molecule has 0 atom stereocenters. The summed E-state index contributed by atoms with van der Waals surface area (Å²) in [5.74, 6) is 0. The number of hydrogen-bond donors (Lipinski definition) is 1. The Kier molecular flexibility index (Phi) is 7.65. The molecule has 0 aromatic heterocycles. The minimum Gasteiger partial charge on any atom is -0.381 e. The van der Waals surface area contributed by atoms with Crippen LogP contribution in [0.3, 0.4) is 0 Å². The SMILES string of the molecule is CCCCOCCCNc1cc(Cl)c(Cl)cc1[N+](=O)[O-]. The van der Waals surface area contributed by atoms with E-state index in [9.17, 15) is 10.1 Å². The Hall–Kier alpha value is -1.04. The monoisotopic (exact) mass is 320 g/mol. The lowest BCUT2D eigenvalue weighted by Crippen LogP contribution is -2.08. The van der Waals surface area contributed by atoms with E-state index in [4.69, 9.17) is 27.9 Å². The molecule has 0 unspecified atom stereocenters. The lowest BCUT2D eigenvalue weighted by atomic mass is 10.2. The predicted molar refractivity (Wildman–Crippen MR) is 82.0 cm³/mol. The highest BCUT2D eigenvalue weighted by molar-refractivity contribution is 6.42. The summed E-state index contributed by atoms with van der Waals surface area (Å²) in [5, 5.41) is 14.4. The number of nitrogens with one attached hydrogen (secondary N) is 1. The molecule has 0 aliphatic carbocycles. The third-order valence-corrected chi connectivity index (χ3v) is 3.38. The first-order chi connectivity index (χ1) is 9.56. The summed E-state index contributed by atoms with van der Waals surface area (Å²) in [6.07, 6.45) is 2.92. The summed E-state index contributed by atoms with van der Waals surface area (Å²) in [7, 11) is 0. The molecule has 0 saturated heterocycles. The van der Waals surface area contributed by atoms with Gasteiger partial charge in [-0.2, -0.15) is 0 Å². The fourth-order valence-corrected chi connectivity index (χ4v) is 1.90. The highest BCUT2D eigenvalue weighted by Gasteiger charge is 2.16. The molecule has 1 N–H and O–H groups in total. The van der Waals surface area contributed by atoms with Gasteiger partial charge in [0.05, 0.1) is 15.0 Å². The van der Waals surface area contributed by atoms with Crippen molar-refractivity contribution in [3.8, 4) is 0 Å². The first-order valence-electron chi connectivity index (χ1n) is 6.51. The number of hydrogen-bond acceptors (Lipinski definition) is 4. The molecule has 1 aromatic carbocycles. The molecule has 1 rings (SSSR count). The number of nitro benzene ring substituents is 1. The normalized spacial score (nSPS) is 10.6. The molecule has 0 radical (unpaired) electrons. The fraction of sp³-hybridized carbons (Fsp3) is 0.538. The smallest absolute Gasteiger partial charge is 0.293 e. The van der Waals surface area contributed by atoms with E-state index in [1.165, 1.54) is 12.1 Å². The second-order valence-corrected chi connectivity index (χ2v) is 5.10. The van der Waals surface area contributed by atoms with Crippen LogP contribution in [0.1, 0.15) is 26.2 Å². The lowest BCUT2D eigenvalue weighted by molar-refractivity contribution is -0.383. The topological polar surface area (TPSA) is 64.4 Å². The zero-order valence-corrected chi connectivity index (χ0v) is 12.8. The minimum atomic E-state index is -0.484. The standard InChI is InChI=1S/C13H18Cl2N2O3/c1-2-3-6-20-7-4-5-16-12-8-10(14)11(15)9-13(12)17(18)19/h8-9,16H,2-7H2,1H3. The zero-order valence-electron chi connectivity index (χ0n) is 11.3. The predicted octanol–water partition coefficient (Wildman–Crippen LogP) is 4.52. The Morgan fingerprint density at radius 3 is 2.55 bits per heavy atom. The summed E-state index contributed by atoms with van der Waals surface area (Å²) in [4.78, 5) is 10.4. The maximum atomic E-state index is 10.9. The van der Waals surface area contributed by atoms with Gasteiger partial charge >= 0.3 is 0 Å². The third-order valence-electron chi connectivity index (χ3n) is 2.66. The van der Waals surface area contributed by atoms with Gasteiger partial charge in [-0.25, -0.2) is 0 Å². The van der Waals surface area contributed by atoms with Crippen LogP contribution in [0, 0.1) is 10.1 Å². The van der Waals surface area contributed by atoms with Gasteiger partial charge in [0.1, 0.15) is 5.69 Å². The maximum absolute atomic E-state index is 10.9. The van der Waals surface area contributed by atoms with Gasteiger partial charge in [0, 0.05) is 25.8 Å². The summed E-state index contributed by atoms with van der Waals surface area (Å²) in [5.41, 5.74) is 0.296. The van der Waals surface area contributed by atoms with E-state index < -0.39 is 4.92 Å². The van der Waals surface area contributed by atoms with Gasteiger partial charge in [-0.05, 0) is 18.9 Å². The van der Waals surface area contributed by atoms with E-state index >= 15 is 0 Å². The molecule has 0 aliphatic rings. The highest BCUT2D eigenvalue weighted by atomic mass is 35.5. The second kappa shape index (κ2) is 9.00. The summed E-state index contributed by atoms with van der Waals surface area (Å²) >= 11 is 11.6. The van der Waals surface area contributed by atoms with E-state index in [0.29, 0.717) is 23.9 Å². The van der Waals surface area contributed by atoms with Crippen molar-refractivity contribution in [3.05, 3.63) is 32.3 Å². The van der Waals surface area contributed by atoms with Gasteiger partial charge in [0.15, 0.2) is 0 Å². The van der Waals surface area contributed by atoms with E-state index in [1.807, 2.05) is 0 Å². The molecule has 0 aliphatic heterocycles. The number of ether oxygens (including phenoxy) is 1. The van der Waals surface area contributed by atoms with Crippen molar-refractivity contribution in [1.82, 2.24) is 0 Å². The lowest BCUT2D eigenvalue weighted by Gasteiger charge is -2.08. The first-order valence-corrected chi connectivity index (χ1v) is 7.27. The van der Waals surface area contributed by atoms with Gasteiger partial charge < -0.3 is 10.1 Å². The zero-order chi connectivity index (χ0) is 15.0. The van der Waals surface area contributed by atoms with E-state index in [0.717, 1.165) is 25.9 Å². The van der Waals surface area contributed by atoms with Crippen LogP contribution in [0.15, 0.2) is 12.1 Å². The van der Waals surface area contributed by atoms with Gasteiger partial charge in [-0.15, -0.1) is 0 Å². The first kappa shape index (κ1) is 17.0. The van der Waals surface area contributed by atoms with E-state index in [1.54, 1.807) is 0 Å². The molecule has 0 amide bonds. The summed E-state index contributed by atoms with van der Waals surface area (Å²) < 4.78 is 5.41. The van der Waals surface area contributed by atoms with Gasteiger partial charge in [-0.3, -0.25) is 10.1 Å². The Labute approximate surface area is 128 Å². The van der Waals surface area contributed by atoms with Crippen LogP contribution in [0.5, 0.6) is 0 Å². The van der Waals surface area contributed by atoms with Crippen molar-refractivity contribution < 1.29 is 9.66 Å². The van der Waals surface area contributed by atoms with Gasteiger partial charge in [-0.1, -0.05) is 36.5 Å². The summed E-state index contributed by atoms with van der Waals surface area (Å²) in [6.45, 7) is 4.06. The van der Waals surface area contributed by atoms with Gasteiger partial charge in [0.25, 0.3) is 5.69 Å². The van der Waals surface area contributed by atoms with Crippen LogP contribution < -0.4 is 5.32 Å². The number of rotatable bonds is 9. The summed E-state index contributed by atoms with van der Waals surface area (Å²) in [6, 6.07) is 2.73. The van der Waals surface area contributed by atoms with E-state index in [2.05, 4.69) is 12.2 Å². The van der Waals surface area contributed by atoms with Crippen LogP contribution in [-0.2, 0) is 4.74 Å². The Morgan fingerprint density at radius 1 is 1.25 bits per heavy atom. The Bertz CT molecular complexity index is 455. The van der Waals surface area contributed by atoms with Crippen LogP contribution in [0.2, 0.25) is 10.0 Å². The molecule has 5 nitrogen and oxygen atoms in total. The third kappa shape index (κ3) is 5.53. The Morgan fingerprint density at radius 2 is 1.90 bits per heavy atom. The van der Waals surface area contributed by atoms with Crippen molar-refractivity contribution in [3.63, 3.8) is 0 Å². The molecule has 0 bridgehead atoms. The molecular weight excluding hydrogens is 303 g/mol. The van der Waals surface area contributed by atoms with Crippen LogP contribution in [-0.4, -0.2) is 24.7 Å². The molecule has 112 valence electrons. The molecule has 0 saturated carbocycles. The molecule has 0 heterocycles. The molecule has 7 heteroatoms. The molecule has 20 heavy (non-hydrogen) atoms. The van der Waals surface area contributed by atoms with Crippen molar-refractivity contribution in [2.75, 3.05) is 25.1 Å². The minimum absolute atomic E-state index is 0.0775. The molecule has 0 fully saturated rings. The van der Waals surface area contributed by atoms with Crippen LogP contribution in [0.25, 0.3) is 0 Å². The van der Waals surface area contributed by atoms with Crippen LogP contribution >= 0.6 is 23.2 Å². The number of anilines is 1. The van der Waals surface area contributed by atoms with Crippen LogP contribution in [0.4, 0.5) is 11.4 Å². The highest BCUT2D eigenvalue weighted by Crippen LogP contribution is 2.33. The number of halogens is 2. The van der Waals surface area contributed by atoms with Gasteiger partial charge in [0.2, 0.25) is 0 Å². The largest absolute Gasteiger partial charge is 0.381 e. The van der Waals surface area contributed by atoms with Crippen molar-refractivity contribution in [2.45, 2.75) is 26.2 Å². The number of nitrogens with zero attached hydrogens (tertiary/aromatic N) is 1. The van der Waals surface area contributed by atoms with Crippen molar-refractivity contribution in [2.24, 2.45) is 0 Å². The van der Waals surface area contributed by atoms with Crippen molar-refractivity contribution in [1.29, 1.82) is 0 Å². The quantitative estimate of drug-likeness (QED) is 0.412. The Balaban J connectivity index is 2.47. The molecule has 1 aromatic rings. The maximum Gasteiger partial charge on any atom is 0.293 e. The van der Waals surface area contributed by atoms with E-state index in [-0.39, 0.29) is 10.7 Å². The second-order valence-electron chi connectivity index (χ2n) is 4.29. The number of unbranched alkanes of at least 4 members (excludes halogenated alkanes) is 1. The van der Waals surface area contributed by atoms with Crippen molar-refractivity contribution >= 4 is 34.6 Å². The molecular formula is C13H18Cl2N2O3. The number of benzene rings is 1. The molecule has 0 spiro atoms. The average molecular weight is 321 g/mol. The fourth-order valence-electron chi connectivity index (χ4n) is 1.57. The number of nitro groups is 1.